The van der Waals surface area contributed by atoms with Crippen LogP contribution in [0.5, 0.6) is 0 Å². The molecule has 0 aromatic rings. The van der Waals surface area contributed by atoms with E-state index in [0.29, 0.717) is 6.54 Å². The summed E-state index contributed by atoms with van der Waals surface area (Å²) in [4.78, 5) is 9.97. The molecule has 1 N–H and O–H groups in total. The summed E-state index contributed by atoms with van der Waals surface area (Å²) in [5.41, 5.74) is 0. The maximum absolute atomic E-state index is 9.97. The van der Waals surface area contributed by atoms with Crippen molar-refractivity contribution in [1.82, 2.24) is 5.32 Å². The molecule has 46 valence electrons. The Bertz CT molecular complexity index is 101. The van der Waals surface area contributed by atoms with Crippen molar-refractivity contribution in [1.29, 1.82) is 0 Å². The first-order valence-electron chi connectivity index (χ1n) is 2.28. The first kappa shape index (κ1) is 7.66. The lowest BCUT2D eigenvalue weighted by molar-refractivity contribution is -0.107. The van der Waals surface area contributed by atoms with Crippen molar-refractivity contribution in [3.63, 3.8) is 0 Å². The highest BCUT2D eigenvalue weighted by Gasteiger charge is 1.80. The molecule has 0 fully saturated rings. The molecule has 0 radical (unpaired) electrons. The molecule has 0 bridgehead atoms. The molecule has 0 rings (SSSR count). The quantitative estimate of drug-likeness (QED) is 0.450. The van der Waals surface area contributed by atoms with Gasteiger partial charge in [-0.2, -0.15) is 0 Å². The van der Waals surface area contributed by atoms with E-state index < -0.39 is 5.24 Å². The second-order valence-electron chi connectivity index (χ2n) is 1.26. The molecule has 0 unspecified atom stereocenters. The van der Waals surface area contributed by atoms with Crippen LogP contribution in [0.3, 0.4) is 0 Å². The fourth-order valence-electron chi connectivity index (χ4n) is 0.269. The standard InChI is InChI=1S/C5H8ClNO/c1-7-4-2-3-5(6)8/h2-3,7H,4H2,1H3/b3-2+. The van der Waals surface area contributed by atoms with Crippen LogP contribution in [0.25, 0.3) is 0 Å². The minimum Gasteiger partial charge on any atom is -0.316 e. The third-order valence-corrected chi connectivity index (χ3v) is 0.697. The molecular weight excluding hydrogens is 126 g/mol. The molecule has 0 saturated heterocycles. The van der Waals surface area contributed by atoms with Gasteiger partial charge in [0, 0.05) is 6.54 Å². The van der Waals surface area contributed by atoms with Crippen molar-refractivity contribution in [3.05, 3.63) is 12.2 Å². The number of hydrogen-bond acceptors (Lipinski definition) is 2. The number of allylic oxidation sites excluding steroid dienone is 1. The Kier molecular flexibility index (Phi) is 4.61. The Balaban J connectivity index is 3.20. The first-order valence-corrected chi connectivity index (χ1v) is 2.65. The Morgan fingerprint density at radius 1 is 1.88 bits per heavy atom. The van der Waals surface area contributed by atoms with E-state index in [4.69, 9.17) is 11.6 Å². The third kappa shape index (κ3) is 5.66. The van der Waals surface area contributed by atoms with E-state index in [1.54, 1.807) is 13.1 Å². The van der Waals surface area contributed by atoms with E-state index in [0.717, 1.165) is 0 Å². The van der Waals surface area contributed by atoms with E-state index in [1.165, 1.54) is 6.08 Å². The highest BCUT2D eigenvalue weighted by Crippen LogP contribution is 1.79. The van der Waals surface area contributed by atoms with Crippen LogP contribution < -0.4 is 5.32 Å². The number of nitrogens with one attached hydrogen (secondary N) is 1. The van der Waals surface area contributed by atoms with Crippen molar-refractivity contribution in [2.24, 2.45) is 0 Å². The highest BCUT2D eigenvalue weighted by atomic mass is 35.5. The van der Waals surface area contributed by atoms with Crippen LogP contribution in [0.1, 0.15) is 0 Å². The van der Waals surface area contributed by atoms with E-state index in [9.17, 15) is 4.79 Å². The number of rotatable bonds is 3. The molecule has 2 nitrogen and oxygen atoms in total. The van der Waals surface area contributed by atoms with Gasteiger partial charge < -0.3 is 5.32 Å². The number of hydrogen-bond donors (Lipinski definition) is 1. The van der Waals surface area contributed by atoms with Gasteiger partial charge in [0.05, 0.1) is 0 Å². The van der Waals surface area contributed by atoms with Crippen molar-refractivity contribution < 1.29 is 4.79 Å². The molecule has 0 aromatic heterocycles. The first-order chi connectivity index (χ1) is 3.77. The number of halogens is 1. The van der Waals surface area contributed by atoms with Gasteiger partial charge in [-0.25, -0.2) is 0 Å². The Morgan fingerprint density at radius 3 is 2.88 bits per heavy atom. The molecule has 0 aliphatic heterocycles. The molecule has 0 aliphatic carbocycles. The molecule has 0 aromatic carbocycles. The zero-order chi connectivity index (χ0) is 6.41. The van der Waals surface area contributed by atoms with E-state index in [-0.39, 0.29) is 0 Å². The van der Waals surface area contributed by atoms with Gasteiger partial charge in [-0.1, -0.05) is 6.08 Å². The van der Waals surface area contributed by atoms with Gasteiger partial charge in [-0.3, -0.25) is 4.79 Å². The van der Waals surface area contributed by atoms with Gasteiger partial charge in [0.15, 0.2) is 0 Å². The van der Waals surface area contributed by atoms with Gasteiger partial charge in [-0.15, -0.1) is 0 Å². The lowest BCUT2D eigenvalue weighted by Crippen LogP contribution is -2.04. The van der Waals surface area contributed by atoms with Crippen LogP contribution in [0.15, 0.2) is 12.2 Å². The normalized spacial score (nSPS) is 10.2. The van der Waals surface area contributed by atoms with Crippen LogP contribution in [0.2, 0.25) is 0 Å². The minimum atomic E-state index is -0.430. The predicted octanol–water partition coefficient (Wildman–Crippen LogP) is 0.527. The maximum atomic E-state index is 9.97. The Morgan fingerprint density at radius 2 is 2.50 bits per heavy atom. The lowest BCUT2D eigenvalue weighted by atomic mass is 10.5. The number of carbonyl (C=O) groups is 1. The summed E-state index contributed by atoms with van der Waals surface area (Å²) < 4.78 is 0. The Hall–Kier alpha value is -0.340. The summed E-state index contributed by atoms with van der Waals surface area (Å²) in [5, 5.41) is 2.40. The summed E-state index contributed by atoms with van der Waals surface area (Å²) in [5.74, 6) is 0. The summed E-state index contributed by atoms with van der Waals surface area (Å²) in [6, 6.07) is 0. The third-order valence-electron chi connectivity index (χ3n) is 0.571. The van der Waals surface area contributed by atoms with Gasteiger partial charge in [-0.05, 0) is 24.7 Å². The predicted molar refractivity (Wildman–Crippen MR) is 33.9 cm³/mol. The molecular formula is C5H8ClNO. The van der Waals surface area contributed by atoms with Crippen molar-refractivity contribution in [2.45, 2.75) is 0 Å². The van der Waals surface area contributed by atoms with E-state index >= 15 is 0 Å². The van der Waals surface area contributed by atoms with Crippen molar-refractivity contribution in [3.8, 4) is 0 Å². The van der Waals surface area contributed by atoms with Crippen molar-refractivity contribution >= 4 is 16.8 Å². The van der Waals surface area contributed by atoms with Crippen LogP contribution in [-0.2, 0) is 4.79 Å². The minimum absolute atomic E-state index is 0.430. The van der Waals surface area contributed by atoms with Crippen LogP contribution in [0.4, 0.5) is 0 Å². The zero-order valence-corrected chi connectivity index (χ0v) is 5.40. The second-order valence-corrected chi connectivity index (χ2v) is 1.64. The van der Waals surface area contributed by atoms with E-state index in [1.807, 2.05) is 0 Å². The summed E-state index contributed by atoms with van der Waals surface area (Å²) in [6.45, 7) is 0.679. The van der Waals surface area contributed by atoms with E-state index in [2.05, 4.69) is 5.32 Å². The van der Waals surface area contributed by atoms with Crippen LogP contribution in [0, 0.1) is 0 Å². The summed E-state index contributed by atoms with van der Waals surface area (Å²) in [6.07, 6.45) is 2.98. The fraction of sp³-hybridized carbons (Fsp3) is 0.400. The van der Waals surface area contributed by atoms with Gasteiger partial charge >= 0.3 is 0 Å². The monoisotopic (exact) mass is 133 g/mol. The molecule has 0 atom stereocenters. The van der Waals surface area contributed by atoms with Crippen LogP contribution in [-0.4, -0.2) is 18.8 Å². The maximum Gasteiger partial charge on any atom is 0.244 e. The number of likely N-dealkylation sites (N-methyl/N-ethyl adjacent to an activating group) is 1. The fourth-order valence-corrected chi connectivity index (χ4v) is 0.359. The lowest BCUT2D eigenvalue weighted by Gasteiger charge is -1.83. The van der Waals surface area contributed by atoms with Gasteiger partial charge in [0.2, 0.25) is 5.24 Å². The molecule has 0 amide bonds. The van der Waals surface area contributed by atoms with Crippen molar-refractivity contribution in [2.75, 3.05) is 13.6 Å². The highest BCUT2D eigenvalue weighted by molar-refractivity contribution is 6.66. The molecule has 0 heterocycles. The summed E-state index contributed by atoms with van der Waals surface area (Å²) >= 11 is 4.96. The molecule has 8 heavy (non-hydrogen) atoms. The SMILES string of the molecule is CNC/C=C/C(=O)Cl. The zero-order valence-electron chi connectivity index (χ0n) is 4.65. The average molecular weight is 134 g/mol. The molecule has 0 saturated carbocycles. The smallest absolute Gasteiger partial charge is 0.244 e. The van der Waals surface area contributed by atoms with Gasteiger partial charge in [0.25, 0.3) is 0 Å². The topological polar surface area (TPSA) is 29.1 Å². The van der Waals surface area contributed by atoms with Crippen LogP contribution >= 0.6 is 11.6 Å². The van der Waals surface area contributed by atoms with Gasteiger partial charge in [0.1, 0.15) is 0 Å². The Labute approximate surface area is 53.5 Å². The number of carbonyl (C=O) groups excluding carboxylic acids is 1. The average Bonchev–Trinajstić information content (AvgIpc) is 1.66. The largest absolute Gasteiger partial charge is 0.316 e. The molecule has 3 heteroatoms. The molecule has 0 aliphatic rings. The summed E-state index contributed by atoms with van der Waals surface area (Å²) in [7, 11) is 1.79. The second kappa shape index (κ2) is 4.81. The molecule has 0 spiro atoms.